The van der Waals surface area contributed by atoms with Crippen LogP contribution < -0.4 is 5.32 Å². The van der Waals surface area contributed by atoms with Crippen LogP contribution in [0.5, 0.6) is 0 Å². The molecule has 1 saturated carbocycles. The summed E-state index contributed by atoms with van der Waals surface area (Å²) in [5.41, 5.74) is 0.662. The van der Waals surface area contributed by atoms with Crippen molar-refractivity contribution in [2.45, 2.75) is 39.5 Å². The number of nitrogens with one attached hydrogen (secondary N) is 1. The molecule has 1 spiro atoms. The summed E-state index contributed by atoms with van der Waals surface area (Å²) in [6.45, 7) is 7.91. The number of hydrogen-bond donors (Lipinski definition) is 1. The minimum atomic E-state index is 0. The molecule has 1 heterocycles. The van der Waals surface area contributed by atoms with Crippen LogP contribution in [0.25, 0.3) is 0 Å². The molecule has 0 bridgehead atoms. The van der Waals surface area contributed by atoms with Crippen molar-refractivity contribution in [3.8, 4) is 0 Å². The third-order valence-electron chi connectivity index (χ3n) is 4.03. The smallest absolute Gasteiger partial charge is 0.193 e. The maximum atomic E-state index is 4.40. The average molecular weight is 351 g/mol. The predicted molar refractivity (Wildman–Crippen MR) is 84.1 cm³/mol. The molecular weight excluding hydrogens is 325 g/mol. The van der Waals surface area contributed by atoms with E-state index in [4.69, 9.17) is 0 Å². The predicted octanol–water partition coefficient (Wildman–Crippen LogP) is 2.71. The van der Waals surface area contributed by atoms with Crippen molar-refractivity contribution in [1.29, 1.82) is 0 Å². The van der Waals surface area contributed by atoms with E-state index in [0.717, 1.165) is 12.5 Å². The number of halogens is 1. The average Bonchev–Trinajstić information content (AvgIpc) is 2.63. The van der Waals surface area contributed by atoms with Gasteiger partial charge in [-0.1, -0.05) is 20.3 Å². The normalized spacial score (nSPS) is 22.6. The minimum absolute atomic E-state index is 0. The van der Waals surface area contributed by atoms with E-state index >= 15 is 0 Å². The molecule has 3 nitrogen and oxygen atoms in total. The Hall–Kier alpha value is 0. The molecule has 2 fully saturated rings. The van der Waals surface area contributed by atoms with Gasteiger partial charge in [-0.3, -0.25) is 4.99 Å². The van der Waals surface area contributed by atoms with E-state index in [-0.39, 0.29) is 24.0 Å². The van der Waals surface area contributed by atoms with Crippen molar-refractivity contribution in [2.24, 2.45) is 16.3 Å². The van der Waals surface area contributed by atoms with Crippen molar-refractivity contribution in [1.82, 2.24) is 10.2 Å². The Kier molecular flexibility index (Phi) is 5.54. The van der Waals surface area contributed by atoms with Crippen molar-refractivity contribution < 1.29 is 0 Å². The van der Waals surface area contributed by atoms with Gasteiger partial charge in [-0.25, -0.2) is 0 Å². The fraction of sp³-hybridized carbons (Fsp3) is 0.923. The second-order valence-corrected chi connectivity index (χ2v) is 5.85. The van der Waals surface area contributed by atoms with Gasteiger partial charge in [-0.05, 0) is 30.6 Å². The highest BCUT2D eigenvalue weighted by Gasteiger charge is 2.43. The van der Waals surface area contributed by atoms with Gasteiger partial charge in [0.05, 0.1) is 0 Å². The van der Waals surface area contributed by atoms with E-state index < -0.39 is 0 Å². The van der Waals surface area contributed by atoms with Gasteiger partial charge in [0.15, 0.2) is 5.96 Å². The molecule has 100 valence electrons. The number of nitrogens with zero attached hydrogens (tertiary/aromatic N) is 2. The molecular formula is C13H26IN3. The Labute approximate surface area is 122 Å². The first-order valence-corrected chi connectivity index (χ1v) is 6.61. The number of hydrogen-bond acceptors (Lipinski definition) is 1. The fourth-order valence-corrected chi connectivity index (χ4v) is 2.83. The zero-order valence-electron chi connectivity index (χ0n) is 11.3. The lowest BCUT2D eigenvalue weighted by atomic mass is 9.68. The maximum Gasteiger partial charge on any atom is 0.193 e. The first kappa shape index (κ1) is 15.1. The van der Waals surface area contributed by atoms with Crippen molar-refractivity contribution in [3.05, 3.63) is 0 Å². The maximum absolute atomic E-state index is 4.40. The van der Waals surface area contributed by atoms with E-state index in [0.29, 0.717) is 11.3 Å². The molecule has 0 aromatic heterocycles. The summed E-state index contributed by atoms with van der Waals surface area (Å²) in [6, 6.07) is 0. The standard InChI is InChI=1S/C13H25N3.HI/c1-11(2)9-15-12(14-3)16-8-7-13(10-16)5-4-6-13;/h11H,4-10H2,1-3H3,(H,14,15);1H. The SMILES string of the molecule is CN=C(NCC(C)C)N1CCC2(CCC2)C1.I. The van der Waals surface area contributed by atoms with Crippen LogP contribution in [0, 0.1) is 11.3 Å². The summed E-state index contributed by atoms with van der Waals surface area (Å²) >= 11 is 0. The second kappa shape index (κ2) is 6.25. The summed E-state index contributed by atoms with van der Waals surface area (Å²) < 4.78 is 0. The fourth-order valence-electron chi connectivity index (χ4n) is 2.83. The van der Waals surface area contributed by atoms with E-state index in [1.54, 1.807) is 0 Å². The third kappa shape index (κ3) is 3.48. The summed E-state index contributed by atoms with van der Waals surface area (Å²) in [5.74, 6) is 1.79. The first-order valence-electron chi connectivity index (χ1n) is 6.61. The Morgan fingerprint density at radius 2 is 2.06 bits per heavy atom. The zero-order valence-corrected chi connectivity index (χ0v) is 13.7. The zero-order chi connectivity index (χ0) is 11.6. The molecule has 1 N–H and O–H groups in total. The Morgan fingerprint density at radius 1 is 1.35 bits per heavy atom. The molecule has 0 atom stereocenters. The highest BCUT2D eigenvalue weighted by Crippen LogP contribution is 2.47. The summed E-state index contributed by atoms with van der Waals surface area (Å²) in [4.78, 5) is 6.84. The topological polar surface area (TPSA) is 27.6 Å². The lowest BCUT2D eigenvalue weighted by Gasteiger charge is -2.38. The van der Waals surface area contributed by atoms with Crippen LogP contribution in [0.15, 0.2) is 4.99 Å². The highest BCUT2D eigenvalue weighted by atomic mass is 127. The van der Waals surface area contributed by atoms with Gasteiger partial charge in [0, 0.05) is 26.7 Å². The highest BCUT2D eigenvalue weighted by molar-refractivity contribution is 14.0. The summed E-state index contributed by atoms with van der Waals surface area (Å²) in [7, 11) is 1.90. The molecule has 17 heavy (non-hydrogen) atoms. The van der Waals surface area contributed by atoms with E-state index in [1.807, 2.05) is 7.05 Å². The van der Waals surface area contributed by atoms with Crippen LogP contribution in [-0.4, -0.2) is 37.5 Å². The van der Waals surface area contributed by atoms with E-state index in [1.165, 1.54) is 38.8 Å². The molecule has 2 aliphatic rings. The van der Waals surface area contributed by atoms with Crippen LogP contribution in [0.1, 0.15) is 39.5 Å². The Bertz CT molecular complexity index is 272. The van der Waals surface area contributed by atoms with Gasteiger partial charge < -0.3 is 10.2 Å². The summed E-state index contributed by atoms with van der Waals surface area (Å²) in [5, 5.41) is 3.47. The second-order valence-electron chi connectivity index (χ2n) is 5.85. The van der Waals surface area contributed by atoms with Crippen LogP contribution in [0.2, 0.25) is 0 Å². The molecule has 1 aliphatic heterocycles. The molecule has 0 amide bonds. The molecule has 1 aliphatic carbocycles. The van der Waals surface area contributed by atoms with Crippen LogP contribution >= 0.6 is 24.0 Å². The van der Waals surface area contributed by atoms with E-state index in [2.05, 4.69) is 29.1 Å². The van der Waals surface area contributed by atoms with Gasteiger partial charge in [0.25, 0.3) is 0 Å². The molecule has 1 saturated heterocycles. The number of likely N-dealkylation sites (tertiary alicyclic amines) is 1. The van der Waals surface area contributed by atoms with Gasteiger partial charge in [0.1, 0.15) is 0 Å². The van der Waals surface area contributed by atoms with Crippen molar-refractivity contribution in [2.75, 3.05) is 26.7 Å². The van der Waals surface area contributed by atoms with Crippen LogP contribution in [0.4, 0.5) is 0 Å². The number of aliphatic imine (C=N–C) groups is 1. The lowest BCUT2D eigenvalue weighted by Crippen LogP contribution is -2.43. The Balaban J connectivity index is 0.00000144. The third-order valence-corrected chi connectivity index (χ3v) is 4.03. The lowest BCUT2D eigenvalue weighted by molar-refractivity contribution is 0.151. The van der Waals surface area contributed by atoms with Gasteiger partial charge >= 0.3 is 0 Å². The molecule has 0 radical (unpaired) electrons. The number of rotatable bonds is 2. The molecule has 2 rings (SSSR count). The van der Waals surface area contributed by atoms with Crippen LogP contribution in [-0.2, 0) is 0 Å². The molecule has 0 aromatic rings. The number of guanidine groups is 1. The van der Waals surface area contributed by atoms with Gasteiger partial charge in [-0.2, -0.15) is 0 Å². The molecule has 0 aromatic carbocycles. The van der Waals surface area contributed by atoms with Crippen LogP contribution in [0.3, 0.4) is 0 Å². The monoisotopic (exact) mass is 351 g/mol. The minimum Gasteiger partial charge on any atom is -0.356 e. The summed E-state index contributed by atoms with van der Waals surface area (Å²) in [6.07, 6.45) is 5.68. The quantitative estimate of drug-likeness (QED) is 0.471. The van der Waals surface area contributed by atoms with Crippen molar-refractivity contribution in [3.63, 3.8) is 0 Å². The molecule has 4 heteroatoms. The van der Waals surface area contributed by atoms with Gasteiger partial charge in [-0.15, -0.1) is 24.0 Å². The van der Waals surface area contributed by atoms with E-state index in [9.17, 15) is 0 Å². The van der Waals surface area contributed by atoms with Crippen molar-refractivity contribution >= 4 is 29.9 Å². The Morgan fingerprint density at radius 3 is 2.47 bits per heavy atom. The largest absolute Gasteiger partial charge is 0.356 e. The first-order chi connectivity index (χ1) is 7.65. The van der Waals surface area contributed by atoms with Gasteiger partial charge in [0.2, 0.25) is 0 Å². The molecule has 0 unspecified atom stereocenters.